The maximum absolute atomic E-state index is 12.0. The third-order valence-corrected chi connectivity index (χ3v) is 4.37. The number of nitrogens with one attached hydrogen (secondary N) is 1. The van der Waals surface area contributed by atoms with Gasteiger partial charge in [0, 0.05) is 19.7 Å². The van der Waals surface area contributed by atoms with Gasteiger partial charge in [-0.25, -0.2) is 0 Å². The van der Waals surface area contributed by atoms with Gasteiger partial charge in [0.15, 0.2) is 0 Å². The monoisotopic (exact) mass is 300 g/mol. The van der Waals surface area contributed by atoms with Crippen molar-refractivity contribution in [1.82, 2.24) is 10.2 Å². The second-order valence-corrected chi connectivity index (χ2v) is 5.90. The summed E-state index contributed by atoms with van der Waals surface area (Å²) in [5.74, 6) is -0.150. The molecule has 0 aromatic rings. The zero-order chi connectivity index (χ0) is 15.7. The van der Waals surface area contributed by atoms with Gasteiger partial charge < -0.3 is 19.7 Å². The fraction of sp³-hybridized carbons (Fsp3) is 0.938. The Hall–Kier alpha value is -0.650. The smallest absolute Gasteiger partial charge is 0.326 e. The molecule has 0 saturated carbocycles. The molecule has 21 heavy (non-hydrogen) atoms. The van der Waals surface area contributed by atoms with E-state index in [0.29, 0.717) is 12.7 Å². The first-order chi connectivity index (χ1) is 10.1. The molecule has 1 rings (SSSR count). The van der Waals surface area contributed by atoms with Crippen LogP contribution in [0.15, 0.2) is 0 Å². The summed E-state index contributed by atoms with van der Waals surface area (Å²) in [5.41, 5.74) is -0.570. The van der Waals surface area contributed by atoms with Crippen LogP contribution in [0.5, 0.6) is 0 Å². The van der Waals surface area contributed by atoms with Crippen LogP contribution in [0, 0.1) is 0 Å². The Kier molecular flexibility index (Phi) is 8.22. The molecule has 5 heteroatoms. The van der Waals surface area contributed by atoms with Crippen molar-refractivity contribution in [1.29, 1.82) is 0 Å². The van der Waals surface area contributed by atoms with Gasteiger partial charge in [0.1, 0.15) is 5.54 Å². The number of hydrogen-bond acceptors (Lipinski definition) is 5. The van der Waals surface area contributed by atoms with E-state index in [1.165, 1.54) is 0 Å². The summed E-state index contributed by atoms with van der Waals surface area (Å²) in [6, 6.07) is 0. The topological polar surface area (TPSA) is 50.8 Å². The summed E-state index contributed by atoms with van der Waals surface area (Å²) in [5, 5.41) is 3.11. The van der Waals surface area contributed by atoms with Crippen LogP contribution in [-0.4, -0.2) is 62.4 Å². The molecule has 0 amide bonds. The Morgan fingerprint density at radius 3 is 2.48 bits per heavy atom. The number of nitrogens with zero attached hydrogens (tertiary/aromatic N) is 1. The Balaban J connectivity index is 2.27. The molecule has 124 valence electrons. The molecule has 1 fully saturated rings. The highest BCUT2D eigenvalue weighted by Crippen LogP contribution is 2.17. The normalized spacial score (nSPS) is 20.2. The van der Waals surface area contributed by atoms with Gasteiger partial charge in [-0.3, -0.25) is 4.79 Å². The first-order valence-electron chi connectivity index (χ1n) is 8.25. The average Bonchev–Trinajstić information content (AvgIpc) is 2.49. The maximum Gasteiger partial charge on any atom is 0.326 e. The summed E-state index contributed by atoms with van der Waals surface area (Å²) < 4.78 is 10.8. The Morgan fingerprint density at radius 1 is 1.29 bits per heavy atom. The molecular formula is C16H32N2O3. The van der Waals surface area contributed by atoms with Gasteiger partial charge in [-0.05, 0) is 60.0 Å². The van der Waals surface area contributed by atoms with Crippen molar-refractivity contribution in [3.8, 4) is 0 Å². The zero-order valence-electron chi connectivity index (χ0n) is 14.1. The fourth-order valence-corrected chi connectivity index (χ4v) is 2.81. The quantitative estimate of drug-likeness (QED) is 0.658. The van der Waals surface area contributed by atoms with E-state index < -0.39 is 5.54 Å². The fourth-order valence-electron chi connectivity index (χ4n) is 2.81. The van der Waals surface area contributed by atoms with Crippen LogP contribution in [0.1, 0.15) is 46.5 Å². The van der Waals surface area contributed by atoms with E-state index in [-0.39, 0.29) is 5.97 Å². The molecule has 0 radical (unpaired) electrons. The largest absolute Gasteiger partial charge is 0.465 e. The molecule has 1 N–H and O–H groups in total. The lowest BCUT2D eigenvalue weighted by Gasteiger charge is -2.33. The van der Waals surface area contributed by atoms with Gasteiger partial charge in [0.05, 0.1) is 12.7 Å². The Morgan fingerprint density at radius 2 is 1.95 bits per heavy atom. The van der Waals surface area contributed by atoms with Crippen molar-refractivity contribution < 1.29 is 14.3 Å². The molecule has 1 aliphatic rings. The molecule has 1 heterocycles. The van der Waals surface area contributed by atoms with Crippen LogP contribution in [0.4, 0.5) is 0 Å². The average molecular weight is 300 g/mol. The van der Waals surface area contributed by atoms with Crippen molar-refractivity contribution in [2.24, 2.45) is 0 Å². The number of likely N-dealkylation sites (tertiary alicyclic amines) is 1. The van der Waals surface area contributed by atoms with Crippen molar-refractivity contribution >= 4 is 5.97 Å². The molecule has 0 aromatic carbocycles. The van der Waals surface area contributed by atoms with Crippen LogP contribution < -0.4 is 5.32 Å². The number of ether oxygens (including phenoxy) is 2. The predicted molar refractivity (Wildman–Crippen MR) is 84.4 cm³/mol. The standard InChI is InChI=1S/C16H32N2O3/c1-5-20-14-8-12-18(13-9-14)11-7-10-16(3,17-4)15(19)21-6-2/h14,17H,5-13H2,1-4H3. The third kappa shape index (κ3) is 5.93. The van der Waals surface area contributed by atoms with E-state index in [4.69, 9.17) is 9.47 Å². The van der Waals surface area contributed by atoms with Crippen LogP contribution in [0.25, 0.3) is 0 Å². The van der Waals surface area contributed by atoms with Gasteiger partial charge >= 0.3 is 5.97 Å². The van der Waals surface area contributed by atoms with E-state index in [2.05, 4.69) is 17.1 Å². The van der Waals surface area contributed by atoms with Crippen LogP contribution in [0.2, 0.25) is 0 Å². The first kappa shape index (κ1) is 18.4. The number of esters is 1. The Bertz CT molecular complexity index is 304. The molecule has 0 bridgehead atoms. The SMILES string of the molecule is CCOC(=O)C(C)(CCCN1CCC(OCC)CC1)NC. The number of carbonyl (C=O) groups is 1. The van der Waals surface area contributed by atoms with Gasteiger partial charge in [-0.15, -0.1) is 0 Å². The summed E-state index contributed by atoms with van der Waals surface area (Å²) >= 11 is 0. The summed E-state index contributed by atoms with van der Waals surface area (Å²) in [6.07, 6.45) is 4.47. The number of piperidine rings is 1. The number of rotatable bonds is 9. The maximum atomic E-state index is 12.0. The second-order valence-electron chi connectivity index (χ2n) is 5.90. The molecular weight excluding hydrogens is 268 g/mol. The van der Waals surface area contributed by atoms with Crippen molar-refractivity contribution in [2.45, 2.75) is 58.1 Å². The molecule has 1 atom stereocenters. The Labute approximate surface area is 129 Å². The van der Waals surface area contributed by atoms with Crippen molar-refractivity contribution in [2.75, 3.05) is 39.9 Å². The number of carbonyl (C=O) groups excluding carboxylic acids is 1. The van der Waals surface area contributed by atoms with Gasteiger partial charge in [-0.2, -0.15) is 0 Å². The molecule has 1 saturated heterocycles. The van der Waals surface area contributed by atoms with Gasteiger partial charge in [0.2, 0.25) is 0 Å². The van der Waals surface area contributed by atoms with E-state index in [1.807, 2.05) is 20.9 Å². The summed E-state index contributed by atoms with van der Waals surface area (Å²) in [4.78, 5) is 14.4. The van der Waals surface area contributed by atoms with E-state index in [0.717, 1.165) is 51.9 Å². The van der Waals surface area contributed by atoms with Crippen LogP contribution in [-0.2, 0) is 14.3 Å². The van der Waals surface area contributed by atoms with Crippen molar-refractivity contribution in [3.63, 3.8) is 0 Å². The number of hydrogen-bond donors (Lipinski definition) is 1. The highest BCUT2D eigenvalue weighted by molar-refractivity contribution is 5.80. The molecule has 5 nitrogen and oxygen atoms in total. The predicted octanol–water partition coefficient (Wildman–Crippen LogP) is 1.81. The highest BCUT2D eigenvalue weighted by atomic mass is 16.5. The lowest BCUT2D eigenvalue weighted by molar-refractivity contribution is -0.150. The minimum absolute atomic E-state index is 0.150. The second kappa shape index (κ2) is 9.38. The molecule has 1 unspecified atom stereocenters. The molecule has 1 aliphatic heterocycles. The zero-order valence-corrected chi connectivity index (χ0v) is 14.1. The van der Waals surface area contributed by atoms with E-state index in [1.54, 1.807) is 0 Å². The minimum atomic E-state index is -0.570. The lowest BCUT2D eigenvalue weighted by atomic mass is 9.95. The van der Waals surface area contributed by atoms with E-state index >= 15 is 0 Å². The van der Waals surface area contributed by atoms with Crippen LogP contribution >= 0.6 is 0 Å². The molecule has 0 aromatic heterocycles. The third-order valence-electron chi connectivity index (χ3n) is 4.37. The first-order valence-corrected chi connectivity index (χ1v) is 8.25. The molecule has 0 spiro atoms. The summed E-state index contributed by atoms with van der Waals surface area (Å²) in [6.45, 7) is 10.3. The number of likely N-dealkylation sites (N-methyl/N-ethyl adjacent to an activating group) is 1. The van der Waals surface area contributed by atoms with Crippen molar-refractivity contribution in [3.05, 3.63) is 0 Å². The minimum Gasteiger partial charge on any atom is -0.465 e. The molecule has 0 aliphatic carbocycles. The van der Waals surface area contributed by atoms with Gasteiger partial charge in [-0.1, -0.05) is 0 Å². The highest BCUT2D eigenvalue weighted by Gasteiger charge is 2.32. The lowest BCUT2D eigenvalue weighted by Crippen LogP contribution is -2.49. The van der Waals surface area contributed by atoms with Crippen LogP contribution in [0.3, 0.4) is 0 Å². The van der Waals surface area contributed by atoms with E-state index in [9.17, 15) is 4.79 Å². The summed E-state index contributed by atoms with van der Waals surface area (Å²) in [7, 11) is 1.82. The van der Waals surface area contributed by atoms with Gasteiger partial charge in [0.25, 0.3) is 0 Å².